The number of fused-ring (bicyclic) bond motifs is 1. The minimum atomic E-state index is -0.355. The van der Waals surface area contributed by atoms with Gasteiger partial charge in [-0.15, -0.1) is 11.3 Å². The lowest BCUT2D eigenvalue weighted by Crippen LogP contribution is -2.25. The molecule has 0 saturated heterocycles. The highest BCUT2D eigenvalue weighted by Crippen LogP contribution is 2.25. The lowest BCUT2D eigenvalue weighted by molar-refractivity contribution is 0.252. The molecule has 0 unspecified atom stereocenters. The maximum atomic E-state index is 11.8. The number of hydrogen-bond acceptors (Lipinski definition) is 3. The summed E-state index contributed by atoms with van der Waals surface area (Å²) in [6, 6.07) is 19.2. The van der Waals surface area contributed by atoms with Gasteiger partial charge in [-0.3, -0.25) is 0 Å². The van der Waals surface area contributed by atoms with Crippen LogP contribution in [0.15, 0.2) is 65.8 Å². The summed E-state index contributed by atoms with van der Waals surface area (Å²) in [6.07, 6.45) is 0. The van der Waals surface area contributed by atoms with E-state index in [0.717, 1.165) is 16.3 Å². The van der Waals surface area contributed by atoms with E-state index in [1.165, 1.54) is 10.1 Å². The molecule has 3 rings (SSSR count). The fraction of sp³-hybridized carbons (Fsp3) is 0.0588. The molecule has 2 aromatic carbocycles. The normalized spacial score (nSPS) is 11.4. The second kappa shape index (κ2) is 6.41. The number of nitrogens with zero attached hydrogens (tertiary/aromatic N) is 1. The van der Waals surface area contributed by atoms with Gasteiger partial charge in [0.25, 0.3) is 0 Å². The summed E-state index contributed by atoms with van der Waals surface area (Å²) in [5, 5.41) is 8.06. The molecule has 0 radical (unpaired) electrons. The van der Waals surface area contributed by atoms with Crippen LogP contribution >= 0.6 is 11.3 Å². The first kappa shape index (κ1) is 14.3. The number of carbonyl (C=O) groups is 1. The van der Waals surface area contributed by atoms with Crippen LogP contribution in [0.1, 0.15) is 11.8 Å². The van der Waals surface area contributed by atoms with E-state index in [1.54, 1.807) is 11.3 Å². The Kier molecular flexibility index (Phi) is 4.16. The van der Waals surface area contributed by atoms with Crippen LogP contribution in [0.25, 0.3) is 10.1 Å². The Bertz CT molecular complexity index is 791. The molecule has 0 aliphatic heterocycles. The predicted molar refractivity (Wildman–Crippen MR) is 92.6 cm³/mol. The zero-order chi connectivity index (χ0) is 15.4. The summed E-state index contributed by atoms with van der Waals surface area (Å²) in [5.74, 6) is 0. The minimum Gasteiger partial charge on any atom is -0.307 e. The highest BCUT2D eigenvalue weighted by atomic mass is 32.1. The zero-order valence-corrected chi connectivity index (χ0v) is 12.9. The van der Waals surface area contributed by atoms with E-state index in [-0.39, 0.29) is 6.03 Å². The molecule has 0 saturated carbocycles. The molecule has 0 spiro atoms. The molecule has 0 aliphatic rings. The Morgan fingerprint density at radius 2 is 1.77 bits per heavy atom. The first-order valence-corrected chi connectivity index (χ1v) is 7.69. The minimum absolute atomic E-state index is 0.355. The summed E-state index contributed by atoms with van der Waals surface area (Å²) < 4.78 is 1.21. The van der Waals surface area contributed by atoms with E-state index < -0.39 is 0 Å². The van der Waals surface area contributed by atoms with Gasteiger partial charge in [-0.1, -0.05) is 36.4 Å². The predicted octanol–water partition coefficient (Wildman–Crippen LogP) is 4.45. The number of hydrazone groups is 1. The van der Waals surface area contributed by atoms with Gasteiger partial charge in [-0.25, -0.2) is 10.2 Å². The molecule has 3 aromatic rings. The summed E-state index contributed by atoms with van der Waals surface area (Å²) >= 11 is 1.66. The molecule has 110 valence electrons. The Labute approximate surface area is 132 Å². The Balaban J connectivity index is 1.68. The van der Waals surface area contributed by atoms with Gasteiger partial charge < -0.3 is 5.32 Å². The van der Waals surface area contributed by atoms with Gasteiger partial charge in [0.1, 0.15) is 0 Å². The SMILES string of the molecule is C/C(=N\NC(=O)Nc1ccccc1)c1cc2ccccc2s1. The number of nitrogens with one attached hydrogen (secondary N) is 2. The highest BCUT2D eigenvalue weighted by Gasteiger charge is 2.05. The summed E-state index contributed by atoms with van der Waals surface area (Å²) in [5.41, 5.74) is 4.03. The Hall–Kier alpha value is -2.66. The van der Waals surface area contributed by atoms with Crippen molar-refractivity contribution in [3.63, 3.8) is 0 Å². The molecule has 2 amide bonds. The van der Waals surface area contributed by atoms with Crippen molar-refractivity contribution in [2.45, 2.75) is 6.92 Å². The van der Waals surface area contributed by atoms with E-state index in [0.29, 0.717) is 0 Å². The molecular weight excluding hydrogens is 294 g/mol. The van der Waals surface area contributed by atoms with Gasteiger partial charge in [-0.05, 0) is 36.6 Å². The lowest BCUT2D eigenvalue weighted by Gasteiger charge is -2.04. The first-order chi connectivity index (χ1) is 10.7. The molecule has 0 atom stereocenters. The zero-order valence-electron chi connectivity index (χ0n) is 12.0. The number of carbonyl (C=O) groups excluding carboxylic acids is 1. The largest absolute Gasteiger partial charge is 0.339 e. The quantitative estimate of drug-likeness (QED) is 0.545. The first-order valence-electron chi connectivity index (χ1n) is 6.87. The van der Waals surface area contributed by atoms with Gasteiger partial charge >= 0.3 is 6.03 Å². The third-order valence-corrected chi connectivity index (χ3v) is 4.36. The van der Waals surface area contributed by atoms with Crippen molar-refractivity contribution in [3.05, 3.63) is 65.5 Å². The lowest BCUT2D eigenvalue weighted by atomic mass is 10.2. The highest BCUT2D eigenvalue weighted by molar-refractivity contribution is 7.20. The topological polar surface area (TPSA) is 53.5 Å². The number of thiophene rings is 1. The molecule has 2 N–H and O–H groups in total. The number of rotatable bonds is 3. The number of hydrogen-bond donors (Lipinski definition) is 2. The molecule has 0 aliphatic carbocycles. The number of amides is 2. The monoisotopic (exact) mass is 309 g/mol. The number of anilines is 1. The van der Waals surface area contributed by atoms with Crippen LogP contribution in [0, 0.1) is 0 Å². The maximum Gasteiger partial charge on any atom is 0.339 e. The standard InChI is InChI=1S/C17H15N3OS/c1-12(16-11-13-7-5-6-10-15(13)22-16)19-20-17(21)18-14-8-3-2-4-9-14/h2-11H,1H3,(H2,18,20,21)/b19-12+. The molecule has 22 heavy (non-hydrogen) atoms. The van der Waals surface area contributed by atoms with E-state index in [1.807, 2.05) is 49.4 Å². The van der Waals surface area contributed by atoms with Crippen LogP contribution < -0.4 is 10.7 Å². The fourth-order valence-corrected chi connectivity index (χ4v) is 3.04. The third kappa shape index (κ3) is 3.32. The summed E-state index contributed by atoms with van der Waals surface area (Å²) in [7, 11) is 0. The number of para-hydroxylation sites is 1. The van der Waals surface area contributed by atoms with Crippen LogP contribution in [0.4, 0.5) is 10.5 Å². The van der Waals surface area contributed by atoms with E-state index in [2.05, 4.69) is 34.0 Å². The van der Waals surface area contributed by atoms with Crippen molar-refractivity contribution < 1.29 is 4.79 Å². The van der Waals surface area contributed by atoms with E-state index in [4.69, 9.17) is 0 Å². The molecule has 4 nitrogen and oxygen atoms in total. The maximum absolute atomic E-state index is 11.8. The Morgan fingerprint density at radius 1 is 1.05 bits per heavy atom. The molecule has 5 heteroatoms. The van der Waals surface area contributed by atoms with Crippen molar-refractivity contribution >= 4 is 38.9 Å². The van der Waals surface area contributed by atoms with E-state index in [9.17, 15) is 4.79 Å². The second-order valence-electron chi connectivity index (χ2n) is 4.78. The van der Waals surface area contributed by atoms with Gasteiger partial charge in [0.2, 0.25) is 0 Å². The smallest absolute Gasteiger partial charge is 0.307 e. The van der Waals surface area contributed by atoms with E-state index >= 15 is 0 Å². The average Bonchev–Trinajstić information content (AvgIpc) is 2.98. The molecule has 0 bridgehead atoms. The van der Waals surface area contributed by atoms with Gasteiger partial charge in [0, 0.05) is 10.4 Å². The third-order valence-electron chi connectivity index (χ3n) is 3.14. The van der Waals surface area contributed by atoms with Gasteiger partial charge in [-0.2, -0.15) is 5.10 Å². The number of benzene rings is 2. The van der Waals surface area contributed by atoms with Gasteiger partial charge in [0.15, 0.2) is 0 Å². The molecule has 1 heterocycles. The summed E-state index contributed by atoms with van der Waals surface area (Å²) in [6.45, 7) is 1.88. The van der Waals surface area contributed by atoms with Crippen LogP contribution in [-0.2, 0) is 0 Å². The average molecular weight is 309 g/mol. The second-order valence-corrected chi connectivity index (χ2v) is 5.86. The van der Waals surface area contributed by atoms with Crippen molar-refractivity contribution in [1.82, 2.24) is 5.43 Å². The van der Waals surface area contributed by atoms with Crippen LogP contribution in [0.5, 0.6) is 0 Å². The number of urea groups is 1. The molecule has 1 aromatic heterocycles. The van der Waals surface area contributed by atoms with Crippen LogP contribution in [0.3, 0.4) is 0 Å². The van der Waals surface area contributed by atoms with Crippen molar-refractivity contribution in [2.24, 2.45) is 5.10 Å². The molecular formula is C17H15N3OS. The van der Waals surface area contributed by atoms with Gasteiger partial charge in [0.05, 0.1) is 10.6 Å². The van der Waals surface area contributed by atoms with Crippen LogP contribution in [-0.4, -0.2) is 11.7 Å². The fourth-order valence-electron chi connectivity index (χ4n) is 2.03. The van der Waals surface area contributed by atoms with Crippen LogP contribution in [0.2, 0.25) is 0 Å². The summed E-state index contributed by atoms with van der Waals surface area (Å²) in [4.78, 5) is 12.8. The van der Waals surface area contributed by atoms with Crippen molar-refractivity contribution in [1.29, 1.82) is 0 Å². The Morgan fingerprint density at radius 3 is 2.55 bits per heavy atom. The van der Waals surface area contributed by atoms with Crippen molar-refractivity contribution in [3.8, 4) is 0 Å². The van der Waals surface area contributed by atoms with Crippen molar-refractivity contribution in [2.75, 3.05) is 5.32 Å². The molecule has 0 fully saturated rings.